The van der Waals surface area contributed by atoms with E-state index in [9.17, 15) is 0 Å². The van der Waals surface area contributed by atoms with E-state index < -0.39 is 0 Å². The van der Waals surface area contributed by atoms with Crippen LogP contribution in [-0.4, -0.2) is 9.38 Å². The first-order chi connectivity index (χ1) is 5.83. The molecule has 0 aliphatic carbocycles. The van der Waals surface area contributed by atoms with Gasteiger partial charge in [0.2, 0.25) is 0 Å². The van der Waals surface area contributed by atoms with Crippen molar-refractivity contribution in [2.24, 2.45) is 5.73 Å². The average molecular weight is 226 g/mol. The minimum atomic E-state index is 0.520. The van der Waals surface area contributed by atoms with Gasteiger partial charge < -0.3 is 5.73 Å². The Labute approximate surface area is 78.3 Å². The summed E-state index contributed by atoms with van der Waals surface area (Å²) in [7, 11) is 0. The van der Waals surface area contributed by atoms with Gasteiger partial charge >= 0.3 is 0 Å². The van der Waals surface area contributed by atoms with Crippen molar-refractivity contribution in [3.8, 4) is 0 Å². The molecule has 0 atom stereocenters. The van der Waals surface area contributed by atoms with Crippen LogP contribution in [0, 0.1) is 0 Å². The predicted octanol–water partition coefficient (Wildman–Crippen LogP) is 1.56. The molecule has 2 N–H and O–H groups in total. The first kappa shape index (κ1) is 7.76. The highest BCUT2D eigenvalue weighted by atomic mass is 79.9. The molecule has 0 saturated carbocycles. The Balaban J connectivity index is 2.84. The molecule has 0 aliphatic rings. The smallest absolute Gasteiger partial charge is 0.181 e. The Kier molecular flexibility index (Phi) is 1.86. The van der Waals surface area contributed by atoms with Crippen molar-refractivity contribution >= 4 is 21.4 Å². The molecule has 0 aliphatic heterocycles. The maximum atomic E-state index is 5.57. The van der Waals surface area contributed by atoms with Gasteiger partial charge in [-0.2, -0.15) is 0 Å². The summed E-state index contributed by atoms with van der Waals surface area (Å²) in [6, 6.07) is 5.96. The molecule has 2 aromatic heterocycles. The normalized spacial score (nSPS) is 10.8. The van der Waals surface area contributed by atoms with Gasteiger partial charge in [0.25, 0.3) is 0 Å². The number of hydrogen-bond acceptors (Lipinski definition) is 2. The molecule has 0 radical (unpaired) electrons. The van der Waals surface area contributed by atoms with Gasteiger partial charge in [-0.05, 0) is 28.1 Å². The first-order valence-corrected chi connectivity index (χ1v) is 4.43. The van der Waals surface area contributed by atoms with Crippen molar-refractivity contribution in [2.45, 2.75) is 6.54 Å². The summed E-state index contributed by atoms with van der Waals surface area (Å²) in [6.07, 6.45) is 1.81. The van der Waals surface area contributed by atoms with Gasteiger partial charge in [-0.25, -0.2) is 4.98 Å². The minimum absolute atomic E-state index is 0.520. The molecule has 4 heteroatoms. The van der Waals surface area contributed by atoms with Crippen LogP contribution in [0.25, 0.3) is 5.52 Å². The number of fused-ring (bicyclic) bond motifs is 1. The van der Waals surface area contributed by atoms with Crippen LogP contribution >= 0.6 is 15.9 Å². The van der Waals surface area contributed by atoms with Crippen LogP contribution in [0.2, 0.25) is 0 Å². The first-order valence-electron chi connectivity index (χ1n) is 3.64. The standard InChI is InChI=1S/C8H8BrN3/c9-8-11-5-7-3-1-2-6(4-10)12(7)8/h1-3,5H,4,10H2. The lowest BCUT2D eigenvalue weighted by Gasteiger charge is -2.02. The third kappa shape index (κ3) is 1.04. The van der Waals surface area contributed by atoms with E-state index in [1.54, 1.807) is 0 Å². The van der Waals surface area contributed by atoms with Gasteiger partial charge in [0.05, 0.1) is 11.7 Å². The highest BCUT2D eigenvalue weighted by Crippen LogP contribution is 2.14. The molecule has 3 nitrogen and oxygen atoms in total. The summed E-state index contributed by atoms with van der Waals surface area (Å²) < 4.78 is 2.79. The maximum Gasteiger partial charge on any atom is 0.181 e. The van der Waals surface area contributed by atoms with Gasteiger partial charge in [0.15, 0.2) is 4.73 Å². The second-order valence-corrected chi connectivity index (χ2v) is 3.22. The molecular formula is C8H8BrN3. The van der Waals surface area contributed by atoms with Gasteiger partial charge in [-0.3, -0.25) is 4.40 Å². The molecule has 0 fully saturated rings. The zero-order valence-electron chi connectivity index (χ0n) is 6.37. The summed E-state index contributed by atoms with van der Waals surface area (Å²) in [5, 5.41) is 0. The molecule has 0 spiro atoms. The van der Waals surface area contributed by atoms with E-state index in [2.05, 4.69) is 20.9 Å². The fraction of sp³-hybridized carbons (Fsp3) is 0.125. The molecule has 62 valence electrons. The van der Waals surface area contributed by atoms with Crippen LogP contribution in [0.1, 0.15) is 5.69 Å². The zero-order valence-corrected chi connectivity index (χ0v) is 7.95. The van der Waals surface area contributed by atoms with E-state index >= 15 is 0 Å². The summed E-state index contributed by atoms with van der Waals surface area (Å²) in [4.78, 5) is 4.13. The van der Waals surface area contributed by atoms with Crippen molar-refractivity contribution < 1.29 is 0 Å². The van der Waals surface area contributed by atoms with Crippen LogP contribution in [0.5, 0.6) is 0 Å². The third-order valence-electron chi connectivity index (χ3n) is 1.80. The number of hydrogen-bond donors (Lipinski definition) is 1. The van der Waals surface area contributed by atoms with Crippen LogP contribution in [0.4, 0.5) is 0 Å². The Hall–Kier alpha value is -0.870. The van der Waals surface area contributed by atoms with E-state index in [1.807, 2.05) is 28.8 Å². The average Bonchev–Trinajstić information content (AvgIpc) is 2.48. The van der Waals surface area contributed by atoms with E-state index in [-0.39, 0.29) is 0 Å². The highest BCUT2D eigenvalue weighted by molar-refractivity contribution is 9.10. The van der Waals surface area contributed by atoms with Crippen molar-refractivity contribution in [3.05, 3.63) is 34.8 Å². The number of aromatic nitrogens is 2. The number of pyridine rings is 1. The largest absolute Gasteiger partial charge is 0.325 e. The summed E-state index contributed by atoms with van der Waals surface area (Å²) in [6.45, 7) is 0.520. The molecule has 0 unspecified atom stereocenters. The van der Waals surface area contributed by atoms with E-state index in [1.165, 1.54) is 0 Å². The predicted molar refractivity (Wildman–Crippen MR) is 50.8 cm³/mol. The second kappa shape index (κ2) is 2.88. The van der Waals surface area contributed by atoms with Crippen LogP contribution < -0.4 is 5.73 Å². The molecule has 0 aromatic carbocycles. The Morgan fingerprint density at radius 3 is 3.08 bits per heavy atom. The van der Waals surface area contributed by atoms with Crippen molar-refractivity contribution in [1.82, 2.24) is 9.38 Å². The van der Waals surface area contributed by atoms with Gasteiger partial charge in [0.1, 0.15) is 0 Å². The molecule has 0 amide bonds. The SMILES string of the molecule is NCc1cccc2cnc(Br)n12. The Bertz CT molecular complexity index is 408. The van der Waals surface area contributed by atoms with Gasteiger partial charge in [-0.15, -0.1) is 0 Å². The molecule has 2 rings (SSSR count). The van der Waals surface area contributed by atoms with Gasteiger partial charge in [0, 0.05) is 12.2 Å². The fourth-order valence-corrected chi connectivity index (χ4v) is 1.77. The lowest BCUT2D eigenvalue weighted by molar-refractivity contribution is 0.923. The number of halogens is 1. The fourth-order valence-electron chi connectivity index (χ4n) is 1.23. The van der Waals surface area contributed by atoms with Crippen LogP contribution in [0.3, 0.4) is 0 Å². The third-order valence-corrected chi connectivity index (χ3v) is 2.36. The van der Waals surface area contributed by atoms with E-state index in [4.69, 9.17) is 5.73 Å². The number of nitrogens with zero attached hydrogens (tertiary/aromatic N) is 2. The summed E-state index contributed by atoms with van der Waals surface area (Å²) in [5.41, 5.74) is 7.69. The molecule has 2 aromatic rings. The van der Waals surface area contributed by atoms with E-state index in [0.29, 0.717) is 6.54 Å². The lowest BCUT2D eigenvalue weighted by atomic mass is 10.3. The van der Waals surface area contributed by atoms with Crippen molar-refractivity contribution in [1.29, 1.82) is 0 Å². The monoisotopic (exact) mass is 225 g/mol. The number of imidazole rings is 1. The Morgan fingerprint density at radius 2 is 2.33 bits per heavy atom. The van der Waals surface area contributed by atoms with Crippen molar-refractivity contribution in [3.63, 3.8) is 0 Å². The zero-order chi connectivity index (χ0) is 8.55. The maximum absolute atomic E-state index is 5.57. The summed E-state index contributed by atoms with van der Waals surface area (Å²) in [5.74, 6) is 0. The second-order valence-electron chi connectivity index (χ2n) is 2.51. The molecule has 0 saturated heterocycles. The topological polar surface area (TPSA) is 43.3 Å². The minimum Gasteiger partial charge on any atom is -0.325 e. The van der Waals surface area contributed by atoms with Crippen LogP contribution in [0.15, 0.2) is 29.1 Å². The van der Waals surface area contributed by atoms with Crippen molar-refractivity contribution in [2.75, 3.05) is 0 Å². The van der Waals surface area contributed by atoms with Gasteiger partial charge in [-0.1, -0.05) is 6.07 Å². The molecule has 2 heterocycles. The lowest BCUT2D eigenvalue weighted by Crippen LogP contribution is -2.03. The highest BCUT2D eigenvalue weighted by Gasteiger charge is 2.02. The quantitative estimate of drug-likeness (QED) is 0.801. The Morgan fingerprint density at radius 1 is 1.50 bits per heavy atom. The van der Waals surface area contributed by atoms with Crippen LogP contribution in [-0.2, 0) is 6.54 Å². The number of nitrogens with two attached hydrogens (primary N) is 1. The molecular weight excluding hydrogens is 218 g/mol. The van der Waals surface area contributed by atoms with E-state index in [0.717, 1.165) is 15.9 Å². The molecule has 0 bridgehead atoms. The number of rotatable bonds is 1. The summed E-state index contributed by atoms with van der Waals surface area (Å²) >= 11 is 3.35. The molecule has 12 heavy (non-hydrogen) atoms.